The van der Waals surface area contributed by atoms with Crippen molar-refractivity contribution < 1.29 is 0 Å². The summed E-state index contributed by atoms with van der Waals surface area (Å²) in [5.74, 6) is 3.93. The molecule has 1 aliphatic heterocycles. The number of benzene rings is 1. The smallest absolute Gasteiger partial charge is 0.191 e. The van der Waals surface area contributed by atoms with Gasteiger partial charge in [0.2, 0.25) is 0 Å². The third-order valence-corrected chi connectivity index (χ3v) is 5.30. The summed E-state index contributed by atoms with van der Waals surface area (Å²) in [7, 11) is 1.84. The van der Waals surface area contributed by atoms with Crippen molar-refractivity contribution in [1.82, 2.24) is 25.4 Å². The van der Waals surface area contributed by atoms with E-state index in [0.29, 0.717) is 23.9 Å². The van der Waals surface area contributed by atoms with Gasteiger partial charge in [-0.25, -0.2) is 9.67 Å². The molecule has 0 saturated heterocycles. The molecule has 3 unspecified atom stereocenters. The fourth-order valence-electron chi connectivity index (χ4n) is 3.65. The number of guanidine groups is 1. The Morgan fingerprint density at radius 1 is 1.23 bits per heavy atom. The molecular formula is C20H28N6. The van der Waals surface area contributed by atoms with Gasteiger partial charge in [-0.1, -0.05) is 44.2 Å². The Balaban J connectivity index is 1.33. The number of nitrogens with zero attached hydrogens (tertiary/aromatic N) is 4. The lowest BCUT2D eigenvalue weighted by molar-refractivity contribution is 0.391. The fourth-order valence-corrected chi connectivity index (χ4v) is 3.65. The number of rotatable bonds is 4. The molecule has 0 radical (unpaired) electrons. The first-order chi connectivity index (χ1) is 12.6. The summed E-state index contributed by atoms with van der Waals surface area (Å²) in [6.45, 7) is 5.13. The highest BCUT2D eigenvalue weighted by Crippen LogP contribution is 2.40. The molecule has 1 saturated carbocycles. The lowest BCUT2D eigenvalue weighted by Gasteiger charge is -2.25. The van der Waals surface area contributed by atoms with Crippen LogP contribution < -0.4 is 10.6 Å². The zero-order chi connectivity index (χ0) is 18.1. The van der Waals surface area contributed by atoms with E-state index in [1.165, 1.54) is 12.0 Å². The van der Waals surface area contributed by atoms with Gasteiger partial charge in [-0.05, 0) is 18.4 Å². The summed E-state index contributed by atoms with van der Waals surface area (Å²) in [4.78, 5) is 9.09. The van der Waals surface area contributed by atoms with Crippen molar-refractivity contribution in [3.05, 3.63) is 47.5 Å². The summed E-state index contributed by atoms with van der Waals surface area (Å²) in [6, 6.07) is 11.5. The molecule has 2 heterocycles. The molecule has 138 valence electrons. The van der Waals surface area contributed by atoms with Gasteiger partial charge in [0.15, 0.2) is 11.8 Å². The molecule has 0 amide bonds. The van der Waals surface area contributed by atoms with Crippen LogP contribution >= 0.6 is 0 Å². The van der Waals surface area contributed by atoms with E-state index in [1.807, 2.05) is 7.05 Å². The largest absolute Gasteiger partial charge is 0.353 e. The van der Waals surface area contributed by atoms with E-state index in [0.717, 1.165) is 37.0 Å². The van der Waals surface area contributed by atoms with Crippen molar-refractivity contribution in [2.75, 3.05) is 7.05 Å². The highest BCUT2D eigenvalue weighted by molar-refractivity contribution is 5.80. The molecule has 1 aliphatic carbocycles. The maximum atomic E-state index is 4.66. The van der Waals surface area contributed by atoms with Gasteiger partial charge in [-0.3, -0.25) is 4.99 Å². The Labute approximate surface area is 155 Å². The van der Waals surface area contributed by atoms with Crippen LogP contribution in [0.15, 0.2) is 35.3 Å². The summed E-state index contributed by atoms with van der Waals surface area (Å²) in [6.07, 6.45) is 3.19. The average molecular weight is 352 g/mol. The highest BCUT2D eigenvalue weighted by Gasteiger charge is 2.39. The van der Waals surface area contributed by atoms with Crippen LogP contribution in [0, 0.1) is 0 Å². The second-order valence-electron chi connectivity index (χ2n) is 7.68. The zero-order valence-corrected chi connectivity index (χ0v) is 15.8. The first-order valence-electron chi connectivity index (χ1n) is 9.62. The molecule has 1 fully saturated rings. The van der Waals surface area contributed by atoms with Gasteiger partial charge in [-0.2, -0.15) is 5.10 Å². The Morgan fingerprint density at radius 2 is 2.04 bits per heavy atom. The van der Waals surface area contributed by atoms with Crippen LogP contribution in [0.25, 0.3) is 0 Å². The Kier molecular flexibility index (Phi) is 4.66. The third kappa shape index (κ3) is 3.59. The van der Waals surface area contributed by atoms with E-state index in [4.69, 9.17) is 0 Å². The SMILES string of the molecule is CN=C(NC1CCc2nc(C(C)C)nn2C1)NC1CC1c1ccccc1. The van der Waals surface area contributed by atoms with E-state index in [2.05, 4.69) is 74.6 Å². The molecule has 6 nitrogen and oxygen atoms in total. The highest BCUT2D eigenvalue weighted by atomic mass is 15.4. The average Bonchev–Trinajstić information content (AvgIpc) is 3.28. The van der Waals surface area contributed by atoms with Gasteiger partial charge in [0.05, 0.1) is 6.54 Å². The van der Waals surface area contributed by atoms with Crippen molar-refractivity contribution in [2.45, 2.75) is 63.6 Å². The second kappa shape index (κ2) is 7.09. The number of nitrogens with one attached hydrogen (secondary N) is 2. The fraction of sp³-hybridized carbons (Fsp3) is 0.550. The van der Waals surface area contributed by atoms with Crippen molar-refractivity contribution in [3.8, 4) is 0 Å². The molecule has 1 aromatic heterocycles. The van der Waals surface area contributed by atoms with Gasteiger partial charge in [0.1, 0.15) is 5.82 Å². The minimum Gasteiger partial charge on any atom is -0.353 e. The minimum atomic E-state index is 0.337. The monoisotopic (exact) mass is 352 g/mol. The second-order valence-corrected chi connectivity index (χ2v) is 7.68. The van der Waals surface area contributed by atoms with Crippen LogP contribution in [-0.4, -0.2) is 39.9 Å². The number of aliphatic imine (C=N–C) groups is 1. The van der Waals surface area contributed by atoms with Gasteiger partial charge < -0.3 is 10.6 Å². The van der Waals surface area contributed by atoms with Gasteiger partial charge in [0, 0.05) is 37.4 Å². The molecule has 4 rings (SSSR count). The lowest BCUT2D eigenvalue weighted by Crippen LogP contribution is -2.47. The summed E-state index contributed by atoms with van der Waals surface area (Å²) in [5, 5.41) is 11.8. The maximum absolute atomic E-state index is 4.66. The quantitative estimate of drug-likeness (QED) is 0.655. The van der Waals surface area contributed by atoms with Crippen LogP contribution in [0.3, 0.4) is 0 Å². The molecule has 6 heteroatoms. The number of hydrogen-bond donors (Lipinski definition) is 2. The molecule has 26 heavy (non-hydrogen) atoms. The van der Waals surface area contributed by atoms with E-state index in [-0.39, 0.29) is 0 Å². The zero-order valence-electron chi connectivity index (χ0n) is 15.8. The number of fused-ring (bicyclic) bond motifs is 1. The van der Waals surface area contributed by atoms with Gasteiger partial charge in [-0.15, -0.1) is 0 Å². The molecule has 2 aromatic rings. The lowest BCUT2D eigenvalue weighted by atomic mass is 10.1. The van der Waals surface area contributed by atoms with E-state index < -0.39 is 0 Å². The van der Waals surface area contributed by atoms with Crippen molar-refractivity contribution >= 4 is 5.96 Å². The maximum Gasteiger partial charge on any atom is 0.191 e. The van der Waals surface area contributed by atoms with Crippen LogP contribution in [0.2, 0.25) is 0 Å². The van der Waals surface area contributed by atoms with E-state index in [1.54, 1.807) is 0 Å². The Bertz CT molecular complexity index is 779. The summed E-state index contributed by atoms with van der Waals surface area (Å²) < 4.78 is 2.06. The standard InChI is InChI=1S/C20H28N6/c1-13(2)19-24-18-10-9-15(12-26(18)25-19)22-20(21-3)23-17-11-16(17)14-7-5-4-6-8-14/h4-8,13,15-17H,9-12H2,1-3H3,(H2,21,22,23). The third-order valence-electron chi connectivity index (χ3n) is 5.30. The number of aromatic nitrogens is 3. The molecular weight excluding hydrogens is 324 g/mol. The molecule has 2 N–H and O–H groups in total. The van der Waals surface area contributed by atoms with Crippen LogP contribution in [0.4, 0.5) is 0 Å². The predicted molar refractivity (Wildman–Crippen MR) is 103 cm³/mol. The van der Waals surface area contributed by atoms with Crippen molar-refractivity contribution in [2.24, 2.45) is 4.99 Å². The van der Waals surface area contributed by atoms with Crippen molar-refractivity contribution in [3.63, 3.8) is 0 Å². The Hall–Kier alpha value is -2.37. The first kappa shape index (κ1) is 17.1. The number of hydrogen-bond acceptors (Lipinski definition) is 3. The van der Waals surface area contributed by atoms with Crippen LogP contribution in [0.1, 0.15) is 55.7 Å². The van der Waals surface area contributed by atoms with Crippen LogP contribution in [-0.2, 0) is 13.0 Å². The van der Waals surface area contributed by atoms with Gasteiger partial charge in [0.25, 0.3) is 0 Å². The summed E-state index contributed by atoms with van der Waals surface area (Å²) in [5.41, 5.74) is 1.41. The predicted octanol–water partition coefficient (Wildman–Crippen LogP) is 2.44. The first-order valence-corrected chi connectivity index (χ1v) is 9.62. The van der Waals surface area contributed by atoms with E-state index >= 15 is 0 Å². The van der Waals surface area contributed by atoms with Crippen molar-refractivity contribution in [1.29, 1.82) is 0 Å². The van der Waals surface area contributed by atoms with Crippen LogP contribution in [0.5, 0.6) is 0 Å². The molecule has 3 atom stereocenters. The van der Waals surface area contributed by atoms with Gasteiger partial charge >= 0.3 is 0 Å². The molecule has 0 spiro atoms. The summed E-state index contributed by atoms with van der Waals surface area (Å²) >= 11 is 0. The minimum absolute atomic E-state index is 0.337. The normalized spacial score (nSPS) is 25.1. The molecule has 1 aromatic carbocycles. The van der Waals surface area contributed by atoms with E-state index in [9.17, 15) is 0 Å². The molecule has 0 bridgehead atoms. The topological polar surface area (TPSA) is 67.1 Å². The molecule has 2 aliphatic rings. The Morgan fingerprint density at radius 3 is 2.77 bits per heavy atom. The number of aryl methyl sites for hydroxylation is 1.